The van der Waals surface area contributed by atoms with E-state index in [4.69, 9.17) is 4.74 Å². The maximum absolute atomic E-state index is 12.2. The van der Waals surface area contributed by atoms with Crippen molar-refractivity contribution in [3.05, 3.63) is 48.0 Å². The summed E-state index contributed by atoms with van der Waals surface area (Å²) in [7, 11) is 0. The molecule has 0 saturated carbocycles. The summed E-state index contributed by atoms with van der Waals surface area (Å²) in [6.07, 6.45) is 3.19. The number of amides is 2. The fourth-order valence-corrected chi connectivity index (χ4v) is 3.44. The third-order valence-electron chi connectivity index (χ3n) is 4.76. The molecule has 1 saturated heterocycles. The Morgan fingerprint density at radius 2 is 2.04 bits per heavy atom. The molecule has 2 heterocycles. The molecule has 5 heteroatoms. The van der Waals surface area contributed by atoms with E-state index in [2.05, 4.69) is 30.1 Å². The van der Waals surface area contributed by atoms with Crippen molar-refractivity contribution < 1.29 is 14.3 Å². The molecule has 0 atom stereocenters. The molecule has 1 spiro atoms. The van der Waals surface area contributed by atoms with Crippen LogP contribution in [0.5, 0.6) is 0 Å². The normalized spacial score (nSPS) is 18.5. The molecule has 1 aromatic carbocycles. The lowest BCUT2D eigenvalue weighted by Gasteiger charge is -2.39. The summed E-state index contributed by atoms with van der Waals surface area (Å²) in [6.45, 7) is 5.80. The van der Waals surface area contributed by atoms with E-state index < -0.39 is 0 Å². The van der Waals surface area contributed by atoms with E-state index in [1.165, 1.54) is 17.2 Å². The van der Waals surface area contributed by atoms with Crippen LogP contribution in [0.2, 0.25) is 0 Å². The molecule has 2 amide bonds. The summed E-state index contributed by atoms with van der Waals surface area (Å²) in [5.74, 6) is -0.165. The molecule has 5 nitrogen and oxygen atoms in total. The van der Waals surface area contributed by atoms with Crippen LogP contribution in [0.4, 0.5) is 0 Å². The summed E-state index contributed by atoms with van der Waals surface area (Å²) in [5, 5.41) is 2.63. The van der Waals surface area contributed by atoms with E-state index in [1.54, 1.807) is 0 Å². The SMILES string of the molecule is C=CC(=O)NCCC(=O)N1CCC2(CC1)OCc1ccccc12. The summed E-state index contributed by atoms with van der Waals surface area (Å²) in [5.41, 5.74) is 2.33. The van der Waals surface area contributed by atoms with Gasteiger partial charge in [0, 0.05) is 26.1 Å². The van der Waals surface area contributed by atoms with Crippen molar-refractivity contribution in [1.29, 1.82) is 0 Å². The number of rotatable bonds is 4. The van der Waals surface area contributed by atoms with E-state index in [9.17, 15) is 9.59 Å². The molecule has 1 aromatic rings. The molecule has 0 unspecified atom stereocenters. The number of piperidine rings is 1. The van der Waals surface area contributed by atoms with Crippen LogP contribution >= 0.6 is 0 Å². The molecule has 3 rings (SSSR count). The van der Waals surface area contributed by atoms with Gasteiger partial charge in [-0.3, -0.25) is 9.59 Å². The molecule has 0 aliphatic carbocycles. The summed E-state index contributed by atoms with van der Waals surface area (Å²) in [4.78, 5) is 25.2. The lowest BCUT2D eigenvalue weighted by Crippen LogP contribution is -2.45. The predicted molar refractivity (Wildman–Crippen MR) is 86.5 cm³/mol. The number of hydrogen-bond acceptors (Lipinski definition) is 3. The van der Waals surface area contributed by atoms with Crippen LogP contribution in [0, 0.1) is 0 Å². The van der Waals surface area contributed by atoms with Crippen LogP contribution in [0.25, 0.3) is 0 Å². The second-order valence-electron chi connectivity index (χ2n) is 6.07. The number of benzene rings is 1. The first kappa shape index (κ1) is 15.7. The Labute approximate surface area is 136 Å². The summed E-state index contributed by atoms with van der Waals surface area (Å²) >= 11 is 0. The quantitative estimate of drug-likeness (QED) is 0.861. The topological polar surface area (TPSA) is 58.6 Å². The third kappa shape index (κ3) is 3.15. The zero-order valence-electron chi connectivity index (χ0n) is 13.2. The number of carbonyl (C=O) groups is 2. The van der Waals surface area contributed by atoms with Gasteiger partial charge in [0.15, 0.2) is 0 Å². The minimum Gasteiger partial charge on any atom is -0.365 e. The molecule has 23 heavy (non-hydrogen) atoms. The first-order valence-electron chi connectivity index (χ1n) is 8.05. The highest BCUT2D eigenvalue weighted by atomic mass is 16.5. The number of nitrogens with one attached hydrogen (secondary N) is 1. The van der Waals surface area contributed by atoms with Gasteiger partial charge in [0.05, 0.1) is 12.2 Å². The molecule has 0 aromatic heterocycles. The van der Waals surface area contributed by atoms with Crippen LogP contribution in [-0.4, -0.2) is 36.3 Å². The first-order valence-corrected chi connectivity index (χ1v) is 8.05. The van der Waals surface area contributed by atoms with Gasteiger partial charge in [-0.2, -0.15) is 0 Å². The highest BCUT2D eigenvalue weighted by Gasteiger charge is 2.42. The van der Waals surface area contributed by atoms with E-state index in [0.29, 0.717) is 32.7 Å². The third-order valence-corrected chi connectivity index (χ3v) is 4.76. The predicted octanol–water partition coefficient (Wildman–Crippen LogP) is 1.73. The number of likely N-dealkylation sites (tertiary alicyclic amines) is 1. The molecule has 1 fully saturated rings. The van der Waals surface area contributed by atoms with E-state index >= 15 is 0 Å². The number of fused-ring (bicyclic) bond motifs is 2. The zero-order chi connectivity index (χ0) is 16.3. The fraction of sp³-hybridized carbons (Fsp3) is 0.444. The van der Waals surface area contributed by atoms with Gasteiger partial charge >= 0.3 is 0 Å². The Balaban J connectivity index is 1.54. The average molecular weight is 314 g/mol. The molecule has 122 valence electrons. The van der Waals surface area contributed by atoms with Crippen LogP contribution < -0.4 is 5.32 Å². The Morgan fingerprint density at radius 3 is 2.78 bits per heavy atom. The van der Waals surface area contributed by atoms with E-state index in [0.717, 1.165) is 12.8 Å². The lowest BCUT2D eigenvalue weighted by molar-refractivity contribution is -0.138. The monoisotopic (exact) mass is 314 g/mol. The van der Waals surface area contributed by atoms with Gasteiger partial charge in [-0.1, -0.05) is 30.8 Å². The van der Waals surface area contributed by atoms with Crippen LogP contribution in [-0.2, 0) is 26.5 Å². The summed E-state index contributed by atoms with van der Waals surface area (Å²) < 4.78 is 6.10. The minimum atomic E-state index is -0.244. The van der Waals surface area contributed by atoms with Crippen molar-refractivity contribution in [3.8, 4) is 0 Å². The van der Waals surface area contributed by atoms with Gasteiger partial charge in [-0.15, -0.1) is 0 Å². The van der Waals surface area contributed by atoms with E-state index in [1.807, 2.05) is 11.0 Å². The minimum absolute atomic E-state index is 0.0792. The fourth-order valence-electron chi connectivity index (χ4n) is 3.44. The van der Waals surface area contributed by atoms with E-state index in [-0.39, 0.29) is 17.4 Å². The molecular formula is C18H22N2O3. The Morgan fingerprint density at radius 1 is 1.30 bits per heavy atom. The zero-order valence-corrected chi connectivity index (χ0v) is 13.2. The van der Waals surface area contributed by atoms with Crippen molar-refractivity contribution in [2.45, 2.75) is 31.5 Å². The Hall–Kier alpha value is -2.14. The molecule has 2 aliphatic rings. The van der Waals surface area contributed by atoms with Crippen LogP contribution in [0.1, 0.15) is 30.4 Å². The average Bonchev–Trinajstić information content (AvgIpc) is 2.94. The number of ether oxygens (including phenoxy) is 1. The Kier molecular flexibility index (Phi) is 4.48. The first-order chi connectivity index (χ1) is 11.1. The van der Waals surface area contributed by atoms with Gasteiger partial charge in [0.25, 0.3) is 0 Å². The number of hydrogen-bond donors (Lipinski definition) is 1. The highest BCUT2D eigenvalue weighted by Crippen LogP contribution is 2.43. The molecule has 2 aliphatic heterocycles. The maximum Gasteiger partial charge on any atom is 0.243 e. The van der Waals surface area contributed by atoms with Crippen LogP contribution in [0.3, 0.4) is 0 Å². The van der Waals surface area contributed by atoms with Crippen LogP contribution in [0.15, 0.2) is 36.9 Å². The van der Waals surface area contributed by atoms with Gasteiger partial charge in [-0.25, -0.2) is 0 Å². The summed E-state index contributed by atoms with van der Waals surface area (Å²) in [6, 6.07) is 8.35. The van der Waals surface area contributed by atoms with Crippen molar-refractivity contribution in [2.24, 2.45) is 0 Å². The number of carbonyl (C=O) groups excluding carboxylic acids is 2. The van der Waals surface area contributed by atoms with Gasteiger partial charge < -0.3 is 15.0 Å². The second kappa shape index (κ2) is 6.54. The molecular weight excluding hydrogens is 292 g/mol. The largest absolute Gasteiger partial charge is 0.365 e. The molecule has 0 bridgehead atoms. The smallest absolute Gasteiger partial charge is 0.243 e. The standard InChI is InChI=1S/C18H22N2O3/c1-2-16(21)19-10-7-17(22)20-11-8-18(9-12-20)15-6-4-3-5-14(15)13-23-18/h2-6H,1,7-13H2,(H,19,21). The van der Waals surface area contributed by atoms with Gasteiger partial charge in [0.1, 0.15) is 0 Å². The van der Waals surface area contributed by atoms with Crippen molar-refractivity contribution in [1.82, 2.24) is 10.2 Å². The lowest BCUT2D eigenvalue weighted by atomic mass is 9.84. The molecule has 0 radical (unpaired) electrons. The van der Waals surface area contributed by atoms with Crippen molar-refractivity contribution >= 4 is 11.8 Å². The van der Waals surface area contributed by atoms with Crippen molar-refractivity contribution in [2.75, 3.05) is 19.6 Å². The maximum atomic E-state index is 12.2. The van der Waals surface area contributed by atoms with Crippen molar-refractivity contribution in [3.63, 3.8) is 0 Å². The second-order valence-corrected chi connectivity index (χ2v) is 6.07. The van der Waals surface area contributed by atoms with Gasteiger partial charge in [-0.05, 0) is 30.0 Å². The van der Waals surface area contributed by atoms with Gasteiger partial charge in [0.2, 0.25) is 11.8 Å². The number of nitrogens with zero attached hydrogens (tertiary/aromatic N) is 1. The molecule has 1 N–H and O–H groups in total. The Bertz CT molecular complexity index is 618. The highest BCUT2D eigenvalue weighted by molar-refractivity contribution is 5.87.